The lowest BCUT2D eigenvalue weighted by atomic mass is 10.0. The van der Waals surface area contributed by atoms with Gasteiger partial charge in [-0.05, 0) is 31.2 Å². The highest BCUT2D eigenvalue weighted by Crippen LogP contribution is 2.33. The summed E-state index contributed by atoms with van der Waals surface area (Å²) < 4.78 is 71.8. The van der Waals surface area contributed by atoms with Crippen molar-refractivity contribution in [1.82, 2.24) is 21.3 Å². The number of nitrogens with zero attached hydrogens (tertiary/aromatic N) is 3. The molecule has 0 saturated carbocycles. The zero-order valence-electron chi connectivity index (χ0n) is 24.5. The first-order valence-electron chi connectivity index (χ1n) is 14.6. The highest BCUT2D eigenvalue weighted by Gasteiger charge is 2.42. The van der Waals surface area contributed by atoms with Crippen LogP contribution in [0.5, 0.6) is 0 Å². The molecule has 0 aromatic heterocycles. The number of nitrogens with one attached hydrogen (secondary N) is 4. The Labute approximate surface area is 261 Å². The average Bonchev–Trinajstić information content (AvgIpc) is 3.57. The Bertz CT molecular complexity index is 1200. The van der Waals surface area contributed by atoms with E-state index >= 15 is 0 Å². The molecule has 250 valence electrons. The van der Waals surface area contributed by atoms with Gasteiger partial charge in [-0.3, -0.25) is 9.59 Å². The molecule has 3 rings (SSSR count). The van der Waals surface area contributed by atoms with Crippen LogP contribution in [0.15, 0.2) is 5.11 Å². The van der Waals surface area contributed by atoms with E-state index in [1.54, 1.807) is 0 Å². The number of hydrogen-bond acceptors (Lipinski definition) is 8. The molecular weight excluding hydrogens is 626 g/mol. The van der Waals surface area contributed by atoms with Crippen molar-refractivity contribution in [3.63, 3.8) is 0 Å². The van der Waals surface area contributed by atoms with Crippen LogP contribution < -0.4 is 21.3 Å². The molecule has 45 heavy (non-hydrogen) atoms. The van der Waals surface area contributed by atoms with Gasteiger partial charge in [0.1, 0.15) is 11.3 Å². The van der Waals surface area contributed by atoms with E-state index in [2.05, 4.69) is 31.3 Å². The number of fused-ring (bicyclic) bond motifs is 1. The molecule has 4 N–H and O–H groups in total. The molecular formula is C27H37F4N7O6S. The summed E-state index contributed by atoms with van der Waals surface area (Å²) in [7, 11) is 0. The molecule has 4 amide bonds. The number of azide groups is 1. The van der Waals surface area contributed by atoms with Crippen molar-refractivity contribution in [2.75, 3.05) is 58.5 Å². The van der Waals surface area contributed by atoms with Crippen LogP contribution in [-0.4, -0.2) is 93.7 Å². The number of carbonyl (C=O) groups is 3. The molecule has 0 unspecified atom stereocenters. The Balaban J connectivity index is 1.09. The van der Waals surface area contributed by atoms with Crippen LogP contribution in [-0.2, 0) is 19.0 Å². The molecule has 3 atom stereocenters. The van der Waals surface area contributed by atoms with E-state index < -0.39 is 40.4 Å². The van der Waals surface area contributed by atoms with Crippen molar-refractivity contribution in [2.45, 2.75) is 55.9 Å². The van der Waals surface area contributed by atoms with Gasteiger partial charge >= 0.3 is 6.03 Å². The van der Waals surface area contributed by atoms with Gasteiger partial charge in [-0.1, -0.05) is 11.5 Å². The van der Waals surface area contributed by atoms with E-state index in [1.165, 1.54) is 0 Å². The standard InChI is InChI=1S/C27H37F4N7O6S/c28-20-19(21(29)23(31)25(22(20)30)37-38-32)26(40)34-8-4-10-43-12-14-44-13-11-42-9-3-7-33-18(39)6-2-1-5-17-24-16(15-45-17)35-27(41)36-24/h16-17,24H,1-15H2,(H,33,39)(H,34,40)(H2,35,36,41)/t16-,17+,24+/m1/s1. The zero-order valence-corrected chi connectivity index (χ0v) is 25.4. The molecule has 13 nitrogen and oxygen atoms in total. The topological polar surface area (TPSA) is 176 Å². The SMILES string of the molecule is [N-]=[N+]=Nc1c(F)c(F)c(C(=O)NCCCOCCOCCOCCCNC(=O)CCCC[C@@H]2SC[C@H]3NC(=O)N[C@H]23)c(F)c1F. The third-order valence-electron chi connectivity index (χ3n) is 6.98. The second kappa shape index (κ2) is 19.3. The maximum absolute atomic E-state index is 14.0. The molecule has 2 aliphatic rings. The number of hydrogen-bond donors (Lipinski definition) is 4. The number of carbonyl (C=O) groups excluding carboxylic acids is 3. The lowest BCUT2D eigenvalue weighted by molar-refractivity contribution is -0.121. The third kappa shape index (κ3) is 11.2. The molecule has 0 aliphatic carbocycles. The van der Waals surface area contributed by atoms with Gasteiger partial charge in [0.05, 0.1) is 38.5 Å². The van der Waals surface area contributed by atoms with Crippen LogP contribution in [0.1, 0.15) is 48.9 Å². The fourth-order valence-electron chi connectivity index (χ4n) is 4.72. The van der Waals surface area contributed by atoms with Crippen LogP contribution in [0, 0.1) is 23.3 Å². The number of thioether (sulfide) groups is 1. The number of rotatable bonds is 21. The summed E-state index contributed by atoms with van der Waals surface area (Å²) in [4.78, 5) is 37.5. The fourth-order valence-corrected chi connectivity index (χ4v) is 6.27. The van der Waals surface area contributed by atoms with Crippen molar-refractivity contribution in [3.05, 3.63) is 39.3 Å². The minimum Gasteiger partial charge on any atom is -0.379 e. The van der Waals surface area contributed by atoms with Gasteiger partial charge in [0.25, 0.3) is 5.91 Å². The molecule has 2 heterocycles. The van der Waals surface area contributed by atoms with E-state index in [0.29, 0.717) is 44.5 Å². The molecule has 1 aromatic carbocycles. The molecule has 2 saturated heterocycles. The lowest BCUT2D eigenvalue weighted by Crippen LogP contribution is -2.36. The molecule has 2 aliphatic heterocycles. The second-order valence-corrected chi connectivity index (χ2v) is 11.5. The van der Waals surface area contributed by atoms with Crippen LogP contribution >= 0.6 is 11.8 Å². The first kappa shape index (κ1) is 36.2. The van der Waals surface area contributed by atoms with Gasteiger partial charge in [-0.2, -0.15) is 11.8 Å². The van der Waals surface area contributed by atoms with E-state index in [9.17, 15) is 31.9 Å². The summed E-state index contributed by atoms with van der Waals surface area (Å²) in [6.45, 7) is 2.32. The van der Waals surface area contributed by atoms with Gasteiger partial charge in [-0.15, -0.1) is 0 Å². The van der Waals surface area contributed by atoms with Crippen molar-refractivity contribution < 1.29 is 46.2 Å². The molecule has 0 bridgehead atoms. The lowest BCUT2D eigenvalue weighted by Gasteiger charge is -2.16. The number of urea groups is 1. The minimum absolute atomic E-state index is 0.0141. The van der Waals surface area contributed by atoms with E-state index in [1.807, 2.05) is 11.8 Å². The van der Waals surface area contributed by atoms with E-state index in [4.69, 9.17) is 19.7 Å². The summed E-state index contributed by atoms with van der Waals surface area (Å²) >= 11 is 1.87. The largest absolute Gasteiger partial charge is 0.379 e. The number of unbranched alkanes of at least 4 members (excludes halogenated alkanes) is 1. The van der Waals surface area contributed by atoms with Crippen LogP contribution in [0.3, 0.4) is 0 Å². The summed E-state index contributed by atoms with van der Waals surface area (Å²) in [6.07, 6.45) is 4.11. The van der Waals surface area contributed by atoms with Gasteiger partial charge in [0.2, 0.25) is 5.91 Å². The van der Waals surface area contributed by atoms with Gasteiger partial charge in [0, 0.05) is 48.6 Å². The molecule has 0 radical (unpaired) electrons. The normalized spacial score (nSPS) is 18.6. The number of amides is 4. The Kier molecular flexibility index (Phi) is 15.5. The number of ether oxygens (including phenoxy) is 3. The van der Waals surface area contributed by atoms with Gasteiger partial charge in [0.15, 0.2) is 23.3 Å². The van der Waals surface area contributed by atoms with Crippen molar-refractivity contribution in [1.29, 1.82) is 0 Å². The predicted molar refractivity (Wildman–Crippen MR) is 156 cm³/mol. The monoisotopic (exact) mass is 663 g/mol. The summed E-state index contributed by atoms with van der Waals surface area (Å²) in [6, 6.07) is 0.314. The molecule has 0 spiro atoms. The van der Waals surface area contributed by atoms with Gasteiger partial charge in [-0.25, -0.2) is 22.4 Å². The fraction of sp³-hybridized carbons (Fsp3) is 0.667. The summed E-state index contributed by atoms with van der Waals surface area (Å²) in [5.41, 5.74) is 5.30. The molecule has 2 fully saturated rings. The highest BCUT2D eigenvalue weighted by molar-refractivity contribution is 8.00. The third-order valence-corrected chi connectivity index (χ3v) is 8.48. The maximum atomic E-state index is 14.0. The van der Waals surface area contributed by atoms with Crippen molar-refractivity contribution >= 4 is 35.3 Å². The van der Waals surface area contributed by atoms with Crippen molar-refractivity contribution in [3.8, 4) is 0 Å². The van der Waals surface area contributed by atoms with Crippen LogP contribution in [0.25, 0.3) is 10.4 Å². The average molecular weight is 664 g/mol. The first-order valence-corrected chi connectivity index (χ1v) is 15.7. The highest BCUT2D eigenvalue weighted by atomic mass is 32.2. The van der Waals surface area contributed by atoms with Crippen LogP contribution in [0.2, 0.25) is 0 Å². The zero-order chi connectivity index (χ0) is 32.6. The second-order valence-electron chi connectivity index (χ2n) is 10.2. The number of benzene rings is 1. The quantitative estimate of drug-likeness (QED) is 0.0296. The predicted octanol–water partition coefficient (Wildman–Crippen LogP) is 3.59. The Morgan fingerprint density at radius 3 is 2.09 bits per heavy atom. The Hall–Kier alpha value is -3.31. The Morgan fingerprint density at radius 1 is 0.867 bits per heavy atom. The van der Waals surface area contributed by atoms with E-state index in [0.717, 1.165) is 25.0 Å². The Morgan fingerprint density at radius 2 is 1.47 bits per heavy atom. The summed E-state index contributed by atoms with van der Waals surface area (Å²) in [5.74, 6) is -8.29. The van der Waals surface area contributed by atoms with Crippen molar-refractivity contribution in [2.24, 2.45) is 5.11 Å². The first-order chi connectivity index (χ1) is 21.7. The van der Waals surface area contributed by atoms with Crippen LogP contribution in [0.4, 0.5) is 28.0 Å². The summed E-state index contributed by atoms with van der Waals surface area (Å²) in [5, 5.41) is 13.9. The van der Waals surface area contributed by atoms with E-state index in [-0.39, 0.29) is 56.8 Å². The molecule has 18 heteroatoms. The maximum Gasteiger partial charge on any atom is 0.315 e. The molecule has 1 aromatic rings. The minimum atomic E-state index is -1.97. The van der Waals surface area contributed by atoms with Gasteiger partial charge < -0.3 is 35.5 Å². The number of halogens is 4. The smallest absolute Gasteiger partial charge is 0.315 e.